The van der Waals surface area contributed by atoms with E-state index in [1.54, 1.807) is 25.1 Å². The van der Waals surface area contributed by atoms with Crippen LogP contribution >= 0.6 is 0 Å². The average Bonchev–Trinajstić information content (AvgIpc) is 2.89. The highest BCUT2D eigenvalue weighted by Gasteiger charge is 2.42. The van der Waals surface area contributed by atoms with E-state index in [9.17, 15) is 14.0 Å². The summed E-state index contributed by atoms with van der Waals surface area (Å²) in [6.45, 7) is 2.88. The molecule has 8 nitrogen and oxygen atoms in total. The van der Waals surface area contributed by atoms with E-state index in [4.69, 9.17) is 9.84 Å². The molecule has 2 N–H and O–H groups in total. The number of aliphatic carboxylic acids is 1. The zero-order valence-corrected chi connectivity index (χ0v) is 13.4. The van der Waals surface area contributed by atoms with E-state index in [2.05, 4.69) is 15.6 Å². The molecule has 0 radical (unpaired) electrons. The Morgan fingerprint density at radius 1 is 1.42 bits per heavy atom. The van der Waals surface area contributed by atoms with Crippen molar-refractivity contribution in [3.63, 3.8) is 0 Å². The minimum atomic E-state index is -2.05. The van der Waals surface area contributed by atoms with Gasteiger partial charge < -0.3 is 15.2 Å². The average molecular weight is 336 g/mol. The van der Waals surface area contributed by atoms with E-state index in [0.717, 1.165) is 14.0 Å². The van der Waals surface area contributed by atoms with Crippen LogP contribution in [-0.4, -0.2) is 44.7 Å². The van der Waals surface area contributed by atoms with Gasteiger partial charge in [0.15, 0.2) is 5.82 Å². The van der Waals surface area contributed by atoms with Crippen molar-refractivity contribution < 1.29 is 23.8 Å². The molecule has 0 saturated heterocycles. The highest BCUT2D eigenvalue weighted by Crippen LogP contribution is 2.17. The van der Waals surface area contributed by atoms with Gasteiger partial charge in [0.05, 0.1) is 12.2 Å². The summed E-state index contributed by atoms with van der Waals surface area (Å²) >= 11 is 0. The Balaban J connectivity index is 2.20. The van der Waals surface area contributed by atoms with Gasteiger partial charge in [-0.15, -0.1) is 5.10 Å². The lowest BCUT2D eigenvalue weighted by Gasteiger charge is -2.21. The van der Waals surface area contributed by atoms with E-state index in [1.807, 2.05) is 0 Å². The lowest BCUT2D eigenvalue weighted by Crippen LogP contribution is -2.49. The molecule has 0 aliphatic carbocycles. The first-order valence-corrected chi connectivity index (χ1v) is 7.03. The third kappa shape index (κ3) is 3.25. The van der Waals surface area contributed by atoms with Gasteiger partial charge in [-0.2, -0.15) is 0 Å². The van der Waals surface area contributed by atoms with E-state index in [-0.39, 0.29) is 18.2 Å². The molecule has 128 valence electrons. The second-order valence-electron chi connectivity index (χ2n) is 5.27. The predicted octanol–water partition coefficient (Wildman–Crippen LogP) is 1.20. The first kappa shape index (κ1) is 17.5. The van der Waals surface area contributed by atoms with Crippen molar-refractivity contribution in [2.75, 3.05) is 12.4 Å². The number of rotatable bonds is 6. The maximum atomic E-state index is 13.7. The van der Waals surface area contributed by atoms with Gasteiger partial charge in [-0.05, 0) is 19.9 Å². The van der Waals surface area contributed by atoms with Crippen LogP contribution in [0.25, 0.3) is 0 Å². The molecule has 1 aromatic carbocycles. The molecule has 1 atom stereocenters. The molecule has 0 fully saturated rings. The smallest absolute Gasteiger partial charge is 0.345 e. The standard InChI is InChI=1S/C15H17FN4O4/c1-9-12(17-13(21)15(2,24-3)14(22)23)18-19-20(9)8-10-6-4-5-7-11(10)16/h4-7H,8H2,1-3H3,(H,17,21)(H,22,23). The summed E-state index contributed by atoms with van der Waals surface area (Å²) in [7, 11) is 1.12. The summed E-state index contributed by atoms with van der Waals surface area (Å²) in [4.78, 5) is 23.3. The van der Waals surface area contributed by atoms with Gasteiger partial charge in [0.2, 0.25) is 5.60 Å². The van der Waals surface area contributed by atoms with Crippen LogP contribution in [0.5, 0.6) is 0 Å². The van der Waals surface area contributed by atoms with Gasteiger partial charge >= 0.3 is 5.97 Å². The van der Waals surface area contributed by atoms with Crippen LogP contribution in [0.1, 0.15) is 18.2 Å². The van der Waals surface area contributed by atoms with Crippen molar-refractivity contribution in [1.82, 2.24) is 15.0 Å². The lowest BCUT2D eigenvalue weighted by atomic mass is 10.1. The van der Waals surface area contributed by atoms with Crippen LogP contribution in [0, 0.1) is 12.7 Å². The van der Waals surface area contributed by atoms with Crippen LogP contribution in [0.15, 0.2) is 24.3 Å². The third-order valence-corrected chi connectivity index (χ3v) is 3.74. The van der Waals surface area contributed by atoms with Crippen LogP contribution < -0.4 is 5.32 Å². The number of hydrogen-bond donors (Lipinski definition) is 2. The second kappa shape index (κ2) is 6.75. The molecule has 9 heteroatoms. The second-order valence-corrected chi connectivity index (χ2v) is 5.27. The van der Waals surface area contributed by atoms with Crippen LogP contribution in [0.2, 0.25) is 0 Å². The number of carbonyl (C=O) groups is 2. The SMILES string of the molecule is COC(C)(C(=O)O)C(=O)Nc1nnn(Cc2ccccc2F)c1C. The van der Waals surface area contributed by atoms with Gasteiger partial charge in [0, 0.05) is 12.7 Å². The largest absolute Gasteiger partial charge is 0.479 e. The van der Waals surface area contributed by atoms with Crippen molar-refractivity contribution in [3.05, 3.63) is 41.3 Å². The van der Waals surface area contributed by atoms with Crippen LogP contribution in [0.4, 0.5) is 10.2 Å². The van der Waals surface area contributed by atoms with E-state index in [0.29, 0.717) is 11.3 Å². The number of anilines is 1. The summed E-state index contributed by atoms with van der Waals surface area (Å²) < 4.78 is 19.9. The monoisotopic (exact) mass is 336 g/mol. The van der Waals surface area contributed by atoms with Crippen molar-refractivity contribution in [3.8, 4) is 0 Å². The molecule has 0 spiro atoms. The molecule has 1 aromatic heterocycles. The molecule has 24 heavy (non-hydrogen) atoms. The molecule has 1 amide bonds. The summed E-state index contributed by atoms with van der Waals surface area (Å²) in [5.41, 5.74) is -1.19. The normalized spacial score (nSPS) is 13.3. The number of benzene rings is 1. The number of amides is 1. The van der Waals surface area contributed by atoms with Gasteiger partial charge in [0.1, 0.15) is 5.82 Å². The summed E-state index contributed by atoms with van der Waals surface area (Å²) in [5.74, 6) is -2.62. The zero-order chi connectivity index (χ0) is 17.9. The first-order valence-electron chi connectivity index (χ1n) is 7.03. The maximum Gasteiger partial charge on any atom is 0.345 e. The molecule has 1 unspecified atom stereocenters. The number of ether oxygens (including phenoxy) is 1. The Morgan fingerprint density at radius 2 is 2.08 bits per heavy atom. The number of nitrogens with zero attached hydrogens (tertiary/aromatic N) is 3. The summed E-state index contributed by atoms with van der Waals surface area (Å²) in [6, 6.07) is 6.22. The van der Waals surface area contributed by atoms with Gasteiger partial charge in [0.25, 0.3) is 5.91 Å². The zero-order valence-electron chi connectivity index (χ0n) is 13.4. The van der Waals surface area contributed by atoms with Gasteiger partial charge in [-0.25, -0.2) is 13.9 Å². The predicted molar refractivity (Wildman–Crippen MR) is 81.9 cm³/mol. The maximum absolute atomic E-state index is 13.7. The molecule has 2 aromatic rings. The molecule has 0 aliphatic rings. The number of aromatic nitrogens is 3. The third-order valence-electron chi connectivity index (χ3n) is 3.74. The molecular weight excluding hydrogens is 319 g/mol. The highest BCUT2D eigenvalue weighted by atomic mass is 19.1. The summed E-state index contributed by atoms with van der Waals surface area (Å²) in [6.07, 6.45) is 0. The van der Waals surface area contributed by atoms with Crippen molar-refractivity contribution in [1.29, 1.82) is 0 Å². The van der Waals surface area contributed by atoms with E-state index < -0.39 is 17.5 Å². The fraction of sp³-hybridized carbons (Fsp3) is 0.333. The fourth-order valence-corrected chi connectivity index (χ4v) is 1.92. The van der Waals surface area contributed by atoms with E-state index in [1.165, 1.54) is 10.7 Å². The topological polar surface area (TPSA) is 106 Å². The quantitative estimate of drug-likeness (QED) is 0.768. The molecule has 0 bridgehead atoms. The number of nitrogens with one attached hydrogen (secondary N) is 1. The highest BCUT2D eigenvalue weighted by molar-refractivity contribution is 6.10. The van der Waals surface area contributed by atoms with Crippen LogP contribution in [0.3, 0.4) is 0 Å². The van der Waals surface area contributed by atoms with Crippen molar-refractivity contribution in [2.45, 2.75) is 26.0 Å². The Kier molecular flexibility index (Phi) is 4.93. The summed E-state index contributed by atoms with van der Waals surface area (Å²) in [5, 5.41) is 19.1. The number of carbonyl (C=O) groups excluding carboxylic acids is 1. The molecule has 0 aliphatic heterocycles. The van der Waals surface area contributed by atoms with Gasteiger partial charge in [-0.1, -0.05) is 23.4 Å². The number of halogens is 1. The Morgan fingerprint density at radius 3 is 2.67 bits per heavy atom. The van der Waals surface area contributed by atoms with Gasteiger partial charge in [-0.3, -0.25) is 4.79 Å². The fourth-order valence-electron chi connectivity index (χ4n) is 1.92. The molecule has 0 saturated carbocycles. The molecule has 1 heterocycles. The minimum Gasteiger partial charge on any atom is -0.479 e. The van der Waals surface area contributed by atoms with Crippen molar-refractivity contribution >= 4 is 17.7 Å². The number of carboxylic acid groups (broad SMARTS) is 1. The van der Waals surface area contributed by atoms with Crippen LogP contribution in [-0.2, 0) is 20.9 Å². The molecule has 2 rings (SSSR count). The minimum absolute atomic E-state index is 0.0841. The number of hydrogen-bond acceptors (Lipinski definition) is 5. The number of methoxy groups -OCH3 is 1. The molecular formula is C15H17FN4O4. The Labute approximate surface area is 137 Å². The van der Waals surface area contributed by atoms with Crippen molar-refractivity contribution in [2.24, 2.45) is 0 Å². The first-order chi connectivity index (χ1) is 11.3. The lowest BCUT2D eigenvalue weighted by molar-refractivity contribution is -0.165. The number of carboxylic acids is 1. The van der Waals surface area contributed by atoms with E-state index >= 15 is 0 Å². The Bertz CT molecular complexity index is 777. The Hall–Kier alpha value is -2.81.